The van der Waals surface area contributed by atoms with E-state index in [9.17, 15) is 4.79 Å². The molecule has 0 amide bonds. The van der Waals surface area contributed by atoms with Gasteiger partial charge in [0, 0.05) is 24.5 Å². The van der Waals surface area contributed by atoms with Gasteiger partial charge in [-0.3, -0.25) is 0 Å². The van der Waals surface area contributed by atoms with Crippen LogP contribution in [-0.2, 0) is 21.4 Å². The van der Waals surface area contributed by atoms with Crippen molar-refractivity contribution < 1.29 is 14.3 Å². The number of rotatable bonds is 4. The molecule has 112 valence electrons. The molecule has 0 saturated carbocycles. The van der Waals surface area contributed by atoms with E-state index < -0.39 is 5.97 Å². The highest BCUT2D eigenvalue weighted by Crippen LogP contribution is 2.27. The van der Waals surface area contributed by atoms with Crippen molar-refractivity contribution >= 4 is 5.97 Å². The number of nitrogens with zero attached hydrogens (tertiary/aromatic N) is 3. The minimum absolute atomic E-state index is 0.217. The van der Waals surface area contributed by atoms with Crippen LogP contribution in [-0.4, -0.2) is 40.8 Å². The van der Waals surface area contributed by atoms with Crippen molar-refractivity contribution in [2.75, 3.05) is 19.8 Å². The summed E-state index contributed by atoms with van der Waals surface area (Å²) in [6.45, 7) is 10.6. The molecule has 0 bridgehead atoms. The fourth-order valence-electron chi connectivity index (χ4n) is 2.49. The van der Waals surface area contributed by atoms with E-state index in [4.69, 9.17) is 9.47 Å². The Morgan fingerprint density at radius 1 is 1.50 bits per heavy atom. The van der Waals surface area contributed by atoms with Crippen molar-refractivity contribution in [3.05, 3.63) is 11.4 Å². The molecular weight excluding hydrogens is 258 g/mol. The highest BCUT2D eigenvalue weighted by Gasteiger charge is 2.31. The van der Waals surface area contributed by atoms with Crippen LogP contribution in [0.5, 0.6) is 0 Å². The van der Waals surface area contributed by atoms with E-state index in [1.54, 1.807) is 6.92 Å². The van der Waals surface area contributed by atoms with E-state index in [2.05, 4.69) is 31.1 Å². The van der Waals surface area contributed by atoms with Crippen LogP contribution in [0.25, 0.3) is 0 Å². The maximum Gasteiger partial charge on any atom is 0.360 e. The number of hydrogen-bond acceptors (Lipinski definition) is 5. The summed E-state index contributed by atoms with van der Waals surface area (Å²) >= 11 is 0. The van der Waals surface area contributed by atoms with Gasteiger partial charge in [-0.2, -0.15) is 0 Å². The maximum atomic E-state index is 12.0. The summed E-state index contributed by atoms with van der Waals surface area (Å²) in [4.78, 5) is 12.0. The summed E-state index contributed by atoms with van der Waals surface area (Å²) in [5, 5.41) is 8.20. The van der Waals surface area contributed by atoms with Crippen LogP contribution in [0.3, 0.4) is 0 Å². The number of ether oxygens (including phenoxy) is 2. The van der Waals surface area contributed by atoms with Crippen LogP contribution >= 0.6 is 0 Å². The van der Waals surface area contributed by atoms with Crippen LogP contribution in [0.1, 0.15) is 50.3 Å². The molecule has 0 N–H and O–H groups in total. The van der Waals surface area contributed by atoms with Gasteiger partial charge in [0.1, 0.15) is 0 Å². The van der Waals surface area contributed by atoms with Crippen LogP contribution in [0.15, 0.2) is 0 Å². The molecule has 1 saturated heterocycles. The summed E-state index contributed by atoms with van der Waals surface area (Å²) in [6.07, 6.45) is 1.03. The molecule has 2 rings (SSSR count). The third-order valence-corrected chi connectivity index (χ3v) is 3.37. The lowest BCUT2D eigenvalue weighted by atomic mass is 9.90. The van der Waals surface area contributed by atoms with Crippen molar-refractivity contribution in [1.82, 2.24) is 15.0 Å². The van der Waals surface area contributed by atoms with Gasteiger partial charge in [-0.15, -0.1) is 5.10 Å². The van der Waals surface area contributed by atoms with Crippen LogP contribution in [0, 0.1) is 5.92 Å². The Morgan fingerprint density at radius 2 is 2.25 bits per heavy atom. The second-order valence-corrected chi connectivity index (χ2v) is 6.17. The normalized spacial score (nSPS) is 19.3. The molecule has 0 radical (unpaired) electrons. The van der Waals surface area contributed by atoms with Gasteiger partial charge in [0.2, 0.25) is 0 Å². The van der Waals surface area contributed by atoms with E-state index in [0.29, 0.717) is 18.2 Å². The maximum absolute atomic E-state index is 12.0. The summed E-state index contributed by atoms with van der Waals surface area (Å²) in [6, 6.07) is 0. The van der Waals surface area contributed by atoms with Gasteiger partial charge in [-0.25, -0.2) is 9.48 Å². The molecule has 1 aliphatic heterocycles. The van der Waals surface area contributed by atoms with Gasteiger partial charge in [0.25, 0.3) is 0 Å². The Labute approximate surface area is 119 Å². The lowest BCUT2D eigenvalue weighted by Gasteiger charge is -2.21. The zero-order valence-electron chi connectivity index (χ0n) is 12.7. The molecule has 1 aromatic heterocycles. The number of esters is 1. The first kappa shape index (κ1) is 15.0. The predicted octanol–water partition coefficient (Wildman–Crippen LogP) is 1.79. The summed E-state index contributed by atoms with van der Waals surface area (Å²) < 4.78 is 12.3. The average Bonchev–Trinajstić information content (AvgIpc) is 2.98. The van der Waals surface area contributed by atoms with Gasteiger partial charge >= 0.3 is 5.97 Å². The van der Waals surface area contributed by atoms with E-state index in [1.807, 2.05) is 4.68 Å². The molecule has 0 spiro atoms. The SMILES string of the molecule is CCOC(=O)c1nnn(CC2CCOC2)c1C(C)(C)C. The zero-order chi connectivity index (χ0) is 14.8. The minimum Gasteiger partial charge on any atom is -0.461 e. The summed E-state index contributed by atoms with van der Waals surface area (Å²) in [5.74, 6) is 0.0409. The van der Waals surface area contributed by atoms with E-state index in [-0.39, 0.29) is 5.41 Å². The molecular formula is C14H23N3O3. The number of carbonyl (C=O) groups is 1. The highest BCUT2D eigenvalue weighted by atomic mass is 16.5. The molecule has 6 nitrogen and oxygen atoms in total. The third kappa shape index (κ3) is 3.17. The topological polar surface area (TPSA) is 66.2 Å². The van der Waals surface area contributed by atoms with Crippen molar-refractivity contribution in [2.45, 2.75) is 46.1 Å². The minimum atomic E-state index is -0.397. The van der Waals surface area contributed by atoms with Crippen LogP contribution in [0.2, 0.25) is 0 Å². The van der Waals surface area contributed by atoms with Gasteiger partial charge in [-0.05, 0) is 13.3 Å². The smallest absolute Gasteiger partial charge is 0.360 e. The van der Waals surface area contributed by atoms with E-state index in [1.165, 1.54) is 0 Å². The van der Waals surface area contributed by atoms with E-state index in [0.717, 1.165) is 31.9 Å². The number of carbonyl (C=O) groups excluding carboxylic acids is 1. The molecule has 1 aliphatic rings. The Kier molecular flexibility index (Phi) is 4.42. The van der Waals surface area contributed by atoms with Gasteiger partial charge in [0.15, 0.2) is 5.69 Å². The summed E-state index contributed by atoms with van der Waals surface area (Å²) in [7, 11) is 0. The third-order valence-electron chi connectivity index (χ3n) is 3.37. The first-order valence-electron chi connectivity index (χ1n) is 7.12. The van der Waals surface area contributed by atoms with Crippen molar-refractivity contribution in [3.8, 4) is 0 Å². The summed E-state index contributed by atoms with van der Waals surface area (Å²) in [5.41, 5.74) is 0.950. The first-order chi connectivity index (χ1) is 9.43. The standard InChI is InChI=1S/C14H23N3O3/c1-5-20-13(18)11-12(14(2,3)4)17(16-15-11)8-10-6-7-19-9-10/h10H,5-9H2,1-4H3. The Morgan fingerprint density at radius 3 is 2.80 bits per heavy atom. The molecule has 1 fully saturated rings. The second-order valence-electron chi connectivity index (χ2n) is 6.17. The zero-order valence-corrected chi connectivity index (χ0v) is 12.7. The Balaban J connectivity index is 2.29. The van der Waals surface area contributed by atoms with Crippen LogP contribution in [0.4, 0.5) is 0 Å². The van der Waals surface area contributed by atoms with Gasteiger partial charge in [-0.1, -0.05) is 26.0 Å². The van der Waals surface area contributed by atoms with Gasteiger partial charge in [0.05, 0.1) is 18.9 Å². The molecule has 1 aromatic rings. The molecule has 0 aromatic carbocycles. The van der Waals surface area contributed by atoms with Crippen LogP contribution < -0.4 is 0 Å². The molecule has 1 unspecified atom stereocenters. The van der Waals surface area contributed by atoms with Crippen molar-refractivity contribution in [3.63, 3.8) is 0 Å². The molecule has 0 aliphatic carbocycles. The largest absolute Gasteiger partial charge is 0.461 e. The van der Waals surface area contributed by atoms with Gasteiger partial charge < -0.3 is 9.47 Å². The second kappa shape index (κ2) is 5.91. The quantitative estimate of drug-likeness (QED) is 0.787. The molecule has 20 heavy (non-hydrogen) atoms. The average molecular weight is 281 g/mol. The lowest BCUT2D eigenvalue weighted by molar-refractivity contribution is 0.0516. The highest BCUT2D eigenvalue weighted by molar-refractivity contribution is 5.88. The van der Waals surface area contributed by atoms with E-state index >= 15 is 0 Å². The Hall–Kier alpha value is -1.43. The Bertz CT molecular complexity index is 470. The first-order valence-corrected chi connectivity index (χ1v) is 7.12. The number of aromatic nitrogens is 3. The fraction of sp³-hybridized carbons (Fsp3) is 0.786. The number of hydrogen-bond donors (Lipinski definition) is 0. The monoisotopic (exact) mass is 281 g/mol. The lowest BCUT2D eigenvalue weighted by Crippen LogP contribution is -2.24. The van der Waals surface area contributed by atoms with Crippen molar-refractivity contribution in [2.24, 2.45) is 5.92 Å². The fourth-order valence-corrected chi connectivity index (χ4v) is 2.49. The van der Waals surface area contributed by atoms with Crippen molar-refractivity contribution in [1.29, 1.82) is 0 Å². The predicted molar refractivity (Wildman–Crippen MR) is 73.6 cm³/mol. The molecule has 6 heteroatoms. The molecule has 2 heterocycles. The molecule has 1 atom stereocenters.